The van der Waals surface area contributed by atoms with Crippen molar-refractivity contribution in [3.8, 4) is 0 Å². The highest BCUT2D eigenvalue weighted by Crippen LogP contribution is 2.42. The molecule has 0 aromatic heterocycles. The fraction of sp³-hybridized carbons (Fsp3) is 0.167. The summed E-state index contributed by atoms with van der Waals surface area (Å²) in [6.07, 6.45) is 2.09. The van der Waals surface area contributed by atoms with Gasteiger partial charge in [-0.1, -0.05) is 60.7 Å². The van der Waals surface area contributed by atoms with Crippen LogP contribution in [0, 0.1) is 0 Å². The molecule has 0 heterocycles. The first-order valence-corrected chi connectivity index (χ1v) is 6.52. The second kappa shape index (κ2) is 4.20. The van der Waals surface area contributed by atoms with Crippen molar-refractivity contribution in [1.82, 2.24) is 0 Å². The molecule has 1 heteroatoms. The van der Waals surface area contributed by atoms with E-state index in [1.54, 1.807) is 0 Å². The van der Waals surface area contributed by atoms with Crippen LogP contribution >= 0.6 is 0 Å². The molecule has 0 amide bonds. The lowest BCUT2D eigenvalue weighted by atomic mass is 9.78. The zero-order valence-electron chi connectivity index (χ0n) is 11.2. The van der Waals surface area contributed by atoms with Gasteiger partial charge in [0.25, 0.3) is 0 Å². The highest BCUT2D eigenvalue weighted by molar-refractivity contribution is 6.08. The third-order valence-electron chi connectivity index (χ3n) is 3.92. The molecule has 0 radical (unpaired) electrons. The molecule has 94 valence electrons. The van der Waals surface area contributed by atoms with Crippen molar-refractivity contribution >= 4 is 11.4 Å². The van der Waals surface area contributed by atoms with Crippen molar-refractivity contribution in [2.75, 3.05) is 0 Å². The molecule has 0 spiro atoms. The Kier molecular flexibility index (Phi) is 2.63. The van der Waals surface area contributed by atoms with Crippen molar-refractivity contribution in [1.29, 1.82) is 0 Å². The Morgan fingerprint density at radius 3 is 2.32 bits per heavy atom. The summed E-state index contributed by atoms with van der Waals surface area (Å²) >= 11 is 0. The van der Waals surface area contributed by atoms with E-state index in [0.717, 1.165) is 11.1 Å². The fourth-order valence-electron chi connectivity index (χ4n) is 2.95. The standard InChI is InChI=1S/C18H16O/c1-13-12-18(2,16-11-7-6-10-15(13)16)17(19)14-8-4-3-5-9-14/h3-12H,1-2H3. The van der Waals surface area contributed by atoms with Crippen LogP contribution in [0.5, 0.6) is 0 Å². The molecule has 1 unspecified atom stereocenters. The van der Waals surface area contributed by atoms with Crippen molar-refractivity contribution in [2.45, 2.75) is 19.3 Å². The van der Waals surface area contributed by atoms with E-state index in [1.165, 1.54) is 11.1 Å². The molecule has 0 fully saturated rings. The van der Waals surface area contributed by atoms with Gasteiger partial charge in [-0.05, 0) is 30.5 Å². The number of carbonyl (C=O) groups is 1. The number of hydrogen-bond donors (Lipinski definition) is 0. The molecule has 2 aromatic rings. The van der Waals surface area contributed by atoms with Gasteiger partial charge in [-0.25, -0.2) is 0 Å². The largest absolute Gasteiger partial charge is 0.293 e. The lowest BCUT2D eigenvalue weighted by molar-refractivity contribution is 0.0929. The highest BCUT2D eigenvalue weighted by atomic mass is 16.1. The number of allylic oxidation sites excluding steroid dienone is 2. The topological polar surface area (TPSA) is 17.1 Å². The second-order valence-electron chi connectivity index (χ2n) is 5.27. The minimum Gasteiger partial charge on any atom is -0.293 e. The van der Waals surface area contributed by atoms with Gasteiger partial charge in [0, 0.05) is 5.56 Å². The third kappa shape index (κ3) is 1.74. The van der Waals surface area contributed by atoms with Crippen LogP contribution in [0.1, 0.15) is 35.3 Å². The van der Waals surface area contributed by atoms with E-state index in [9.17, 15) is 4.79 Å². The van der Waals surface area contributed by atoms with E-state index in [-0.39, 0.29) is 5.78 Å². The van der Waals surface area contributed by atoms with Crippen LogP contribution in [0.15, 0.2) is 60.7 Å². The summed E-state index contributed by atoms with van der Waals surface area (Å²) in [5, 5.41) is 0. The summed E-state index contributed by atoms with van der Waals surface area (Å²) in [5.74, 6) is 0.164. The zero-order valence-corrected chi connectivity index (χ0v) is 11.2. The minimum absolute atomic E-state index is 0.164. The maximum absolute atomic E-state index is 12.8. The average molecular weight is 248 g/mol. The van der Waals surface area contributed by atoms with E-state index in [1.807, 2.05) is 49.4 Å². The third-order valence-corrected chi connectivity index (χ3v) is 3.92. The van der Waals surface area contributed by atoms with E-state index in [0.29, 0.717) is 0 Å². The van der Waals surface area contributed by atoms with Crippen LogP contribution < -0.4 is 0 Å². The second-order valence-corrected chi connectivity index (χ2v) is 5.27. The molecule has 1 nitrogen and oxygen atoms in total. The fourth-order valence-corrected chi connectivity index (χ4v) is 2.95. The Morgan fingerprint density at radius 1 is 0.947 bits per heavy atom. The molecule has 1 aliphatic rings. The van der Waals surface area contributed by atoms with E-state index in [2.05, 4.69) is 25.1 Å². The van der Waals surface area contributed by atoms with Crippen molar-refractivity contribution in [2.24, 2.45) is 0 Å². The maximum Gasteiger partial charge on any atom is 0.176 e. The van der Waals surface area contributed by atoms with Gasteiger partial charge in [-0.15, -0.1) is 0 Å². The summed E-state index contributed by atoms with van der Waals surface area (Å²) in [5.41, 5.74) is 3.71. The SMILES string of the molecule is CC1=CC(C)(C(=O)c2ccccc2)c2ccccc21. The minimum atomic E-state index is -0.540. The first kappa shape index (κ1) is 11.9. The monoisotopic (exact) mass is 248 g/mol. The Morgan fingerprint density at radius 2 is 1.58 bits per heavy atom. The number of hydrogen-bond acceptors (Lipinski definition) is 1. The maximum atomic E-state index is 12.8. The van der Waals surface area contributed by atoms with Crippen LogP contribution in [-0.4, -0.2) is 5.78 Å². The van der Waals surface area contributed by atoms with Gasteiger partial charge in [-0.3, -0.25) is 4.79 Å². The predicted molar refractivity (Wildman–Crippen MR) is 78.2 cm³/mol. The van der Waals surface area contributed by atoms with Crippen molar-refractivity contribution in [3.05, 3.63) is 77.4 Å². The van der Waals surface area contributed by atoms with Gasteiger partial charge < -0.3 is 0 Å². The summed E-state index contributed by atoms with van der Waals surface area (Å²) in [6.45, 7) is 4.08. The lowest BCUT2D eigenvalue weighted by Crippen LogP contribution is -2.29. The number of Topliss-reactive ketones (excluding diaryl/α,β-unsaturated/α-hetero) is 1. The molecule has 0 bridgehead atoms. The van der Waals surface area contributed by atoms with Gasteiger partial charge >= 0.3 is 0 Å². The van der Waals surface area contributed by atoms with Crippen molar-refractivity contribution in [3.63, 3.8) is 0 Å². The van der Waals surface area contributed by atoms with Crippen LogP contribution in [-0.2, 0) is 5.41 Å². The molecule has 3 rings (SSSR count). The summed E-state index contributed by atoms with van der Waals surface area (Å²) in [7, 11) is 0. The van der Waals surface area contributed by atoms with Crippen LogP contribution in [0.2, 0.25) is 0 Å². The smallest absolute Gasteiger partial charge is 0.176 e. The van der Waals surface area contributed by atoms with E-state index < -0.39 is 5.41 Å². The molecule has 1 atom stereocenters. The summed E-state index contributed by atoms with van der Waals surface area (Å²) in [4.78, 5) is 12.8. The van der Waals surface area contributed by atoms with Crippen molar-refractivity contribution < 1.29 is 4.79 Å². The first-order valence-electron chi connectivity index (χ1n) is 6.52. The van der Waals surface area contributed by atoms with Gasteiger partial charge in [0.2, 0.25) is 0 Å². The Hall–Kier alpha value is -2.15. The number of ketones is 1. The Labute approximate surface area is 113 Å². The van der Waals surface area contributed by atoms with E-state index >= 15 is 0 Å². The summed E-state index contributed by atoms with van der Waals surface area (Å²) in [6, 6.07) is 17.7. The lowest BCUT2D eigenvalue weighted by Gasteiger charge is -2.22. The molecule has 0 aliphatic heterocycles. The number of carbonyl (C=O) groups excluding carboxylic acids is 1. The molecule has 2 aromatic carbocycles. The highest BCUT2D eigenvalue weighted by Gasteiger charge is 2.39. The van der Waals surface area contributed by atoms with Crippen LogP contribution in [0.25, 0.3) is 5.57 Å². The van der Waals surface area contributed by atoms with Gasteiger partial charge in [0.05, 0.1) is 5.41 Å². The van der Waals surface area contributed by atoms with Crippen LogP contribution in [0.3, 0.4) is 0 Å². The molecular formula is C18H16O. The zero-order chi connectivity index (χ0) is 13.5. The predicted octanol–water partition coefficient (Wildman–Crippen LogP) is 4.24. The number of rotatable bonds is 2. The van der Waals surface area contributed by atoms with Gasteiger partial charge in [0.1, 0.15) is 0 Å². The van der Waals surface area contributed by atoms with E-state index in [4.69, 9.17) is 0 Å². The molecular weight excluding hydrogens is 232 g/mol. The molecule has 1 aliphatic carbocycles. The van der Waals surface area contributed by atoms with Gasteiger partial charge in [0.15, 0.2) is 5.78 Å². The first-order chi connectivity index (χ1) is 9.13. The molecule has 0 saturated carbocycles. The van der Waals surface area contributed by atoms with Crippen LogP contribution in [0.4, 0.5) is 0 Å². The number of benzene rings is 2. The molecule has 0 N–H and O–H groups in total. The molecule has 0 saturated heterocycles. The normalized spacial score (nSPS) is 20.8. The average Bonchev–Trinajstić information content (AvgIpc) is 2.72. The quantitative estimate of drug-likeness (QED) is 0.726. The Bertz CT molecular complexity index is 667. The molecule has 19 heavy (non-hydrogen) atoms. The Balaban J connectivity index is 2.14. The number of fused-ring (bicyclic) bond motifs is 1. The summed E-state index contributed by atoms with van der Waals surface area (Å²) < 4.78 is 0. The van der Waals surface area contributed by atoms with Gasteiger partial charge in [-0.2, -0.15) is 0 Å².